The first-order chi connectivity index (χ1) is 8.50. The highest BCUT2D eigenvalue weighted by Gasteiger charge is 2.45. The van der Waals surface area contributed by atoms with Crippen molar-refractivity contribution in [2.75, 3.05) is 19.7 Å². The molecule has 0 aromatic rings. The minimum atomic E-state index is -2.40. The molecule has 1 aliphatic heterocycles. The van der Waals surface area contributed by atoms with E-state index in [1.165, 1.54) is 0 Å². The largest absolute Gasteiger partial charge is 0.479 e. The maximum absolute atomic E-state index is 11.5. The van der Waals surface area contributed by atoms with Gasteiger partial charge in [0.25, 0.3) is 5.60 Å². The Hall–Kier alpha value is -1.14. The predicted octanol–water partition coefficient (Wildman–Crippen LogP) is 0.145. The molecule has 1 saturated heterocycles. The average Bonchev–Trinajstić information content (AvgIpc) is 2.37. The topological polar surface area (TPSA) is 95.9 Å². The molecule has 1 rings (SSSR count). The number of esters is 1. The van der Waals surface area contributed by atoms with E-state index < -0.39 is 17.5 Å². The maximum Gasteiger partial charge on any atom is 0.350 e. The fourth-order valence-electron chi connectivity index (χ4n) is 2.13. The number of piperidine rings is 1. The minimum Gasteiger partial charge on any atom is -0.479 e. The van der Waals surface area contributed by atoms with E-state index in [0.29, 0.717) is 12.3 Å². The Morgan fingerprint density at radius 2 is 2.00 bits per heavy atom. The fraction of sp³-hybridized carbons (Fsp3) is 0.833. The molecule has 0 radical (unpaired) electrons. The third-order valence-corrected chi connectivity index (χ3v) is 3.34. The van der Waals surface area contributed by atoms with Crippen molar-refractivity contribution in [3.63, 3.8) is 0 Å². The summed E-state index contributed by atoms with van der Waals surface area (Å²) < 4.78 is 4.63. The highest BCUT2D eigenvalue weighted by Crippen LogP contribution is 2.24. The third-order valence-electron chi connectivity index (χ3n) is 3.34. The van der Waals surface area contributed by atoms with Crippen LogP contribution < -0.4 is 5.32 Å². The van der Waals surface area contributed by atoms with Gasteiger partial charge >= 0.3 is 11.9 Å². The van der Waals surface area contributed by atoms with Crippen molar-refractivity contribution in [1.82, 2.24) is 5.32 Å². The molecule has 0 amide bonds. The van der Waals surface area contributed by atoms with Crippen LogP contribution in [0.2, 0.25) is 0 Å². The molecule has 3 N–H and O–H groups in total. The molecule has 1 fully saturated rings. The summed E-state index contributed by atoms with van der Waals surface area (Å²) in [5.74, 6) is -2.24. The number of carboxylic acids is 1. The molecule has 0 aromatic carbocycles. The van der Waals surface area contributed by atoms with Gasteiger partial charge in [-0.3, -0.25) is 0 Å². The number of carbonyl (C=O) groups is 2. The average molecular weight is 259 g/mol. The standard InChI is InChI=1S/C12H21NO5/c1-2-18-11(16)12(17,10(14)15)6-3-9-4-7-13-8-5-9/h9,13,17H,2-8H2,1H3,(H,14,15). The molecule has 1 unspecified atom stereocenters. The number of carboxylic acid groups (broad SMARTS) is 1. The Bertz CT molecular complexity index is 301. The lowest BCUT2D eigenvalue weighted by Crippen LogP contribution is -2.48. The van der Waals surface area contributed by atoms with Crippen LogP contribution in [0.15, 0.2) is 0 Å². The number of hydrogen-bond donors (Lipinski definition) is 3. The molecular weight excluding hydrogens is 238 g/mol. The van der Waals surface area contributed by atoms with E-state index in [1.807, 2.05) is 0 Å². The molecule has 6 heteroatoms. The van der Waals surface area contributed by atoms with Gasteiger partial charge in [0.05, 0.1) is 6.61 Å². The van der Waals surface area contributed by atoms with Crippen molar-refractivity contribution in [3.05, 3.63) is 0 Å². The van der Waals surface area contributed by atoms with Crippen molar-refractivity contribution in [1.29, 1.82) is 0 Å². The Labute approximate surface area is 106 Å². The number of aliphatic hydroxyl groups is 1. The first-order valence-corrected chi connectivity index (χ1v) is 6.34. The molecule has 1 aliphatic rings. The van der Waals surface area contributed by atoms with E-state index >= 15 is 0 Å². The van der Waals surface area contributed by atoms with Gasteiger partial charge in [0.1, 0.15) is 0 Å². The van der Waals surface area contributed by atoms with Gasteiger partial charge in [0, 0.05) is 0 Å². The number of carbonyl (C=O) groups excluding carboxylic acids is 1. The number of hydrogen-bond acceptors (Lipinski definition) is 5. The Kier molecular flexibility index (Phi) is 5.55. The highest BCUT2D eigenvalue weighted by atomic mass is 16.6. The van der Waals surface area contributed by atoms with Gasteiger partial charge in [-0.1, -0.05) is 0 Å². The van der Waals surface area contributed by atoms with Crippen molar-refractivity contribution in [2.24, 2.45) is 5.92 Å². The molecule has 0 aliphatic carbocycles. The highest BCUT2D eigenvalue weighted by molar-refractivity contribution is 6.02. The van der Waals surface area contributed by atoms with Crippen molar-refractivity contribution < 1.29 is 24.5 Å². The summed E-state index contributed by atoms with van der Waals surface area (Å²) in [5.41, 5.74) is -2.40. The molecular formula is C12H21NO5. The van der Waals surface area contributed by atoms with Crippen LogP contribution >= 0.6 is 0 Å². The molecule has 0 saturated carbocycles. The summed E-state index contributed by atoms with van der Waals surface area (Å²) >= 11 is 0. The lowest BCUT2D eigenvalue weighted by Gasteiger charge is -2.26. The first kappa shape index (κ1) is 14.9. The summed E-state index contributed by atoms with van der Waals surface area (Å²) in [4.78, 5) is 22.6. The number of rotatable bonds is 6. The summed E-state index contributed by atoms with van der Waals surface area (Å²) in [5, 5.41) is 22.1. The summed E-state index contributed by atoms with van der Waals surface area (Å²) in [6, 6.07) is 0. The second-order valence-electron chi connectivity index (χ2n) is 4.62. The Morgan fingerprint density at radius 1 is 1.39 bits per heavy atom. The van der Waals surface area contributed by atoms with Crippen LogP contribution in [0.4, 0.5) is 0 Å². The quantitative estimate of drug-likeness (QED) is 0.464. The van der Waals surface area contributed by atoms with E-state index in [0.717, 1.165) is 25.9 Å². The second-order valence-corrected chi connectivity index (χ2v) is 4.62. The van der Waals surface area contributed by atoms with Crippen molar-refractivity contribution >= 4 is 11.9 Å². The molecule has 1 atom stereocenters. The molecule has 0 bridgehead atoms. The van der Waals surface area contributed by atoms with Crippen molar-refractivity contribution in [3.8, 4) is 0 Å². The zero-order valence-electron chi connectivity index (χ0n) is 10.6. The van der Waals surface area contributed by atoms with Crippen molar-refractivity contribution in [2.45, 2.75) is 38.2 Å². The van der Waals surface area contributed by atoms with E-state index in [-0.39, 0.29) is 13.0 Å². The lowest BCUT2D eigenvalue weighted by atomic mass is 9.87. The van der Waals surface area contributed by atoms with Crippen LogP contribution in [0.25, 0.3) is 0 Å². The predicted molar refractivity (Wildman–Crippen MR) is 64.0 cm³/mol. The molecule has 1 heterocycles. The Morgan fingerprint density at radius 3 is 2.50 bits per heavy atom. The molecule has 0 spiro atoms. The smallest absolute Gasteiger partial charge is 0.350 e. The fourth-order valence-corrected chi connectivity index (χ4v) is 2.13. The van der Waals surface area contributed by atoms with Crippen LogP contribution in [0.3, 0.4) is 0 Å². The molecule has 6 nitrogen and oxygen atoms in total. The van der Waals surface area contributed by atoms with Crippen LogP contribution in [-0.4, -0.2) is 47.4 Å². The maximum atomic E-state index is 11.5. The monoisotopic (exact) mass is 259 g/mol. The Balaban J connectivity index is 2.56. The molecule has 0 aromatic heterocycles. The van der Waals surface area contributed by atoms with Gasteiger partial charge in [-0.2, -0.15) is 0 Å². The number of ether oxygens (including phenoxy) is 1. The van der Waals surface area contributed by atoms with Gasteiger partial charge in [0.2, 0.25) is 0 Å². The van der Waals surface area contributed by atoms with Crippen LogP contribution in [0.5, 0.6) is 0 Å². The summed E-state index contributed by atoms with van der Waals surface area (Å²) in [6.07, 6.45) is 2.31. The van der Waals surface area contributed by atoms with Gasteiger partial charge in [-0.05, 0) is 51.6 Å². The zero-order chi connectivity index (χ0) is 13.6. The second kappa shape index (κ2) is 6.70. The van der Waals surface area contributed by atoms with E-state index in [1.54, 1.807) is 6.92 Å². The zero-order valence-corrected chi connectivity index (χ0v) is 10.6. The molecule has 18 heavy (non-hydrogen) atoms. The van der Waals surface area contributed by atoms with E-state index in [4.69, 9.17) is 5.11 Å². The summed E-state index contributed by atoms with van der Waals surface area (Å²) in [6.45, 7) is 3.43. The normalized spacial score (nSPS) is 20.1. The SMILES string of the molecule is CCOC(=O)C(O)(CCC1CCNCC1)C(=O)O. The lowest BCUT2D eigenvalue weighted by molar-refractivity contribution is -0.181. The van der Waals surface area contributed by atoms with Crippen LogP contribution in [0.1, 0.15) is 32.6 Å². The third kappa shape index (κ3) is 3.68. The minimum absolute atomic E-state index is 0.0573. The summed E-state index contributed by atoms with van der Waals surface area (Å²) in [7, 11) is 0. The number of aliphatic carboxylic acids is 1. The van der Waals surface area contributed by atoms with E-state index in [9.17, 15) is 14.7 Å². The van der Waals surface area contributed by atoms with Crippen LogP contribution in [-0.2, 0) is 14.3 Å². The van der Waals surface area contributed by atoms with Gasteiger partial charge < -0.3 is 20.3 Å². The van der Waals surface area contributed by atoms with Crippen LogP contribution in [0, 0.1) is 5.92 Å². The molecule has 104 valence electrons. The number of nitrogens with one attached hydrogen (secondary N) is 1. The van der Waals surface area contributed by atoms with Gasteiger partial charge in [-0.15, -0.1) is 0 Å². The van der Waals surface area contributed by atoms with Gasteiger partial charge in [0.15, 0.2) is 0 Å². The van der Waals surface area contributed by atoms with Gasteiger partial charge in [-0.25, -0.2) is 9.59 Å². The first-order valence-electron chi connectivity index (χ1n) is 6.34. The van der Waals surface area contributed by atoms with E-state index in [2.05, 4.69) is 10.1 Å².